The van der Waals surface area contributed by atoms with E-state index >= 15 is 0 Å². The van der Waals surface area contributed by atoms with Gasteiger partial charge in [0.1, 0.15) is 5.82 Å². The summed E-state index contributed by atoms with van der Waals surface area (Å²) >= 11 is 0. The van der Waals surface area contributed by atoms with Crippen molar-refractivity contribution in [1.29, 1.82) is 0 Å². The van der Waals surface area contributed by atoms with E-state index in [1.54, 1.807) is 53.4 Å². The highest BCUT2D eigenvalue weighted by molar-refractivity contribution is 7.89. The number of likely N-dealkylation sites (tertiary alicyclic amines) is 1. The molecule has 1 saturated heterocycles. The molecule has 4 rings (SSSR count). The van der Waals surface area contributed by atoms with Crippen LogP contribution >= 0.6 is 0 Å². The lowest BCUT2D eigenvalue weighted by atomic mass is 9.95. The molecule has 0 radical (unpaired) electrons. The third kappa shape index (κ3) is 5.83. The molecule has 1 heterocycles. The van der Waals surface area contributed by atoms with Gasteiger partial charge in [-0.3, -0.25) is 9.59 Å². The number of rotatable bonds is 7. The largest absolute Gasteiger partial charge is 0.338 e. The van der Waals surface area contributed by atoms with E-state index in [2.05, 4.69) is 4.72 Å². The first-order chi connectivity index (χ1) is 16.7. The van der Waals surface area contributed by atoms with Gasteiger partial charge in [-0.05, 0) is 68.1 Å². The van der Waals surface area contributed by atoms with E-state index in [4.69, 9.17) is 0 Å². The van der Waals surface area contributed by atoms with E-state index in [-0.39, 0.29) is 40.2 Å². The number of nitrogens with zero attached hydrogens (tertiary/aromatic N) is 1. The Kier molecular flexibility index (Phi) is 7.42. The van der Waals surface area contributed by atoms with Crippen molar-refractivity contribution in [2.75, 3.05) is 19.6 Å². The first-order valence-corrected chi connectivity index (χ1v) is 13.0. The summed E-state index contributed by atoms with van der Waals surface area (Å²) in [5.41, 5.74) is 1.81. The van der Waals surface area contributed by atoms with Crippen molar-refractivity contribution in [2.24, 2.45) is 5.92 Å². The molecular formula is C27H27FN2O4S. The maximum Gasteiger partial charge on any atom is 0.254 e. The average molecular weight is 495 g/mol. The number of amides is 1. The van der Waals surface area contributed by atoms with Gasteiger partial charge in [0.05, 0.1) is 10.5 Å². The highest BCUT2D eigenvalue weighted by Gasteiger charge is 2.28. The Morgan fingerprint density at radius 3 is 2.31 bits per heavy atom. The Bertz CT molecular complexity index is 1320. The molecule has 1 aliphatic heterocycles. The number of aryl methyl sites for hydroxylation is 1. The van der Waals surface area contributed by atoms with Gasteiger partial charge >= 0.3 is 0 Å². The number of benzene rings is 3. The van der Waals surface area contributed by atoms with Crippen molar-refractivity contribution in [3.05, 3.63) is 101 Å². The van der Waals surface area contributed by atoms with Gasteiger partial charge in [0.25, 0.3) is 5.91 Å². The minimum Gasteiger partial charge on any atom is -0.338 e. The van der Waals surface area contributed by atoms with Gasteiger partial charge in [0.15, 0.2) is 5.78 Å². The number of nitrogens with one attached hydrogen (secondary N) is 1. The summed E-state index contributed by atoms with van der Waals surface area (Å²) in [6.07, 6.45) is 1.52. The van der Waals surface area contributed by atoms with Crippen molar-refractivity contribution in [3.8, 4) is 0 Å². The van der Waals surface area contributed by atoms with Gasteiger partial charge < -0.3 is 4.90 Å². The van der Waals surface area contributed by atoms with E-state index in [0.29, 0.717) is 18.7 Å². The molecule has 182 valence electrons. The summed E-state index contributed by atoms with van der Waals surface area (Å²) in [4.78, 5) is 28.3. The molecule has 35 heavy (non-hydrogen) atoms. The van der Waals surface area contributed by atoms with Crippen LogP contribution in [-0.2, 0) is 10.0 Å². The van der Waals surface area contributed by atoms with E-state index in [0.717, 1.165) is 18.4 Å². The van der Waals surface area contributed by atoms with Crippen LogP contribution in [0, 0.1) is 18.7 Å². The van der Waals surface area contributed by atoms with Crippen molar-refractivity contribution in [2.45, 2.75) is 24.7 Å². The molecule has 3 aromatic carbocycles. The molecule has 0 bridgehead atoms. The molecule has 8 heteroatoms. The molecule has 1 amide bonds. The number of hydrogen-bond donors (Lipinski definition) is 1. The Morgan fingerprint density at radius 2 is 1.63 bits per heavy atom. The lowest BCUT2D eigenvalue weighted by Gasteiger charge is -2.33. The quantitative estimate of drug-likeness (QED) is 0.499. The van der Waals surface area contributed by atoms with Crippen LogP contribution in [0.2, 0.25) is 0 Å². The summed E-state index contributed by atoms with van der Waals surface area (Å²) in [5, 5.41) is 0. The van der Waals surface area contributed by atoms with Gasteiger partial charge in [-0.2, -0.15) is 0 Å². The Morgan fingerprint density at radius 1 is 0.971 bits per heavy atom. The maximum atomic E-state index is 13.4. The highest BCUT2D eigenvalue weighted by atomic mass is 32.2. The molecule has 0 aromatic heterocycles. The smallest absolute Gasteiger partial charge is 0.254 e. The SMILES string of the molecule is Cc1ccc(S(=O)(=O)NCC2CCCN(C(=O)c3ccccc3C(=O)c3ccc(F)cc3)C2)cc1. The summed E-state index contributed by atoms with van der Waals surface area (Å²) in [5.74, 6) is -1.12. The predicted molar refractivity (Wildman–Crippen MR) is 131 cm³/mol. The topological polar surface area (TPSA) is 83.6 Å². The molecule has 6 nitrogen and oxygen atoms in total. The molecule has 1 aliphatic rings. The Hall–Kier alpha value is -3.36. The average Bonchev–Trinajstić information content (AvgIpc) is 2.87. The second-order valence-electron chi connectivity index (χ2n) is 8.81. The molecule has 3 aromatic rings. The van der Waals surface area contributed by atoms with Crippen LogP contribution in [0.15, 0.2) is 77.7 Å². The second-order valence-corrected chi connectivity index (χ2v) is 10.6. The van der Waals surface area contributed by atoms with Gasteiger partial charge in [0.2, 0.25) is 10.0 Å². The van der Waals surface area contributed by atoms with Crippen LogP contribution in [-0.4, -0.2) is 44.6 Å². The van der Waals surface area contributed by atoms with Crippen LogP contribution < -0.4 is 4.72 Å². The minimum atomic E-state index is -3.64. The van der Waals surface area contributed by atoms with Crippen molar-refractivity contribution in [1.82, 2.24) is 9.62 Å². The third-order valence-electron chi connectivity index (χ3n) is 6.21. The van der Waals surface area contributed by atoms with E-state index < -0.39 is 15.8 Å². The lowest BCUT2D eigenvalue weighted by Crippen LogP contribution is -2.44. The zero-order valence-corrected chi connectivity index (χ0v) is 20.2. The highest BCUT2D eigenvalue weighted by Crippen LogP contribution is 2.22. The third-order valence-corrected chi connectivity index (χ3v) is 7.65. The zero-order valence-electron chi connectivity index (χ0n) is 19.4. The van der Waals surface area contributed by atoms with E-state index in [9.17, 15) is 22.4 Å². The fourth-order valence-corrected chi connectivity index (χ4v) is 5.36. The van der Waals surface area contributed by atoms with E-state index in [1.165, 1.54) is 24.3 Å². The molecule has 1 atom stereocenters. The van der Waals surface area contributed by atoms with Crippen molar-refractivity contribution < 1.29 is 22.4 Å². The summed E-state index contributed by atoms with van der Waals surface area (Å²) in [7, 11) is -3.64. The lowest BCUT2D eigenvalue weighted by molar-refractivity contribution is 0.0673. The van der Waals surface area contributed by atoms with Crippen molar-refractivity contribution >= 4 is 21.7 Å². The normalized spacial score (nSPS) is 16.2. The number of carbonyl (C=O) groups is 2. The summed E-state index contributed by atoms with van der Waals surface area (Å²) in [6.45, 7) is 3.02. The van der Waals surface area contributed by atoms with Gasteiger partial charge in [-0.1, -0.05) is 35.9 Å². The number of sulfonamides is 1. The van der Waals surface area contributed by atoms with Crippen molar-refractivity contribution in [3.63, 3.8) is 0 Å². The number of halogens is 1. The maximum absolute atomic E-state index is 13.4. The second kappa shape index (κ2) is 10.5. The molecule has 1 fully saturated rings. The minimum absolute atomic E-state index is 0.0483. The molecule has 0 aliphatic carbocycles. The molecule has 0 saturated carbocycles. The Labute approximate surface area is 204 Å². The van der Waals surface area contributed by atoms with Gasteiger partial charge in [0, 0.05) is 30.8 Å². The predicted octanol–water partition coefficient (Wildman–Crippen LogP) is 4.20. The zero-order chi connectivity index (χ0) is 25.0. The Balaban J connectivity index is 1.46. The summed E-state index contributed by atoms with van der Waals surface area (Å²) in [6, 6.07) is 18.5. The first-order valence-electron chi connectivity index (χ1n) is 11.5. The number of hydrogen-bond acceptors (Lipinski definition) is 4. The van der Waals surface area contributed by atoms with Crippen LogP contribution in [0.4, 0.5) is 4.39 Å². The van der Waals surface area contributed by atoms with Crippen LogP contribution in [0.25, 0.3) is 0 Å². The first kappa shape index (κ1) is 24.8. The number of piperidine rings is 1. The monoisotopic (exact) mass is 494 g/mol. The van der Waals surface area contributed by atoms with Crippen LogP contribution in [0.5, 0.6) is 0 Å². The molecule has 1 N–H and O–H groups in total. The summed E-state index contributed by atoms with van der Waals surface area (Å²) < 4.78 is 41.2. The van der Waals surface area contributed by atoms with E-state index in [1.807, 2.05) is 6.92 Å². The number of ketones is 1. The molecule has 0 spiro atoms. The van der Waals surface area contributed by atoms with Gasteiger partial charge in [-0.25, -0.2) is 17.5 Å². The van der Waals surface area contributed by atoms with Crippen LogP contribution in [0.1, 0.15) is 44.7 Å². The molecular weight excluding hydrogens is 467 g/mol. The molecule has 1 unspecified atom stereocenters. The number of carbonyl (C=O) groups excluding carboxylic acids is 2. The standard InChI is InChI=1S/C27H27FN2O4S/c1-19-8-14-23(15-9-19)35(33,34)29-17-20-5-4-16-30(18-20)27(32)25-7-3-2-6-24(25)26(31)21-10-12-22(28)13-11-21/h2-3,6-15,20,29H,4-5,16-18H2,1H3. The van der Waals surface area contributed by atoms with Gasteiger partial charge in [-0.15, -0.1) is 0 Å². The van der Waals surface area contributed by atoms with Crippen LogP contribution in [0.3, 0.4) is 0 Å². The fourth-order valence-electron chi connectivity index (χ4n) is 4.24. The fraction of sp³-hybridized carbons (Fsp3) is 0.259.